The van der Waals surface area contributed by atoms with E-state index in [2.05, 4.69) is 17.2 Å². The first-order valence-electron chi connectivity index (χ1n) is 3.26. The molecular weight excluding hydrogens is 116 g/mol. The fraction of sp³-hybridized carbons (Fsp3) is 0.833. The minimum Gasteiger partial charge on any atom is -0.392 e. The summed E-state index contributed by atoms with van der Waals surface area (Å²) in [6.45, 7) is 5.28. The number of nitrogens with one attached hydrogen (secondary N) is 1. The molecule has 1 atom stereocenters. The molecule has 0 amide bonds. The molecule has 0 unspecified atom stereocenters. The van der Waals surface area contributed by atoms with Crippen LogP contribution in [0, 0.1) is 0 Å². The molecule has 3 heteroatoms. The van der Waals surface area contributed by atoms with Crippen molar-refractivity contribution in [3.05, 3.63) is 0 Å². The maximum Gasteiger partial charge on any atom is 0.139 e. The third-order valence-electron chi connectivity index (χ3n) is 1.48. The van der Waals surface area contributed by atoms with Crippen LogP contribution in [-0.2, 0) is 4.84 Å². The van der Waals surface area contributed by atoms with Crippen LogP contribution in [-0.4, -0.2) is 25.9 Å². The van der Waals surface area contributed by atoms with E-state index in [1.807, 2.05) is 0 Å². The lowest BCUT2D eigenvalue weighted by molar-refractivity contribution is 0.0437. The van der Waals surface area contributed by atoms with Crippen molar-refractivity contribution < 1.29 is 4.84 Å². The quantitative estimate of drug-likeness (QED) is 0.430. The van der Waals surface area contributed by atoms with E-state index < -0.39 is 0 Å². The van der Waals surface area contributed by atoms with Crippen molar-refractivity contribution in [2.24, 2.45) is 5.16 Å². The van der Waals surface area contributed by atoms with Gasteiger partial charge in [0.1, 0.15) is 6.10 Å². The van der Waals surface area contributed by atoms with Crippen LogP contribution < -0.4 is 5.32 Å². The van der Waals surface area contributed by atoms with Crippen LogP contribution in [0.1, 0.15) is 12.8 Å². The number of nitrogens with zero attached hydrogens (tertiary/aromatic N) is 1. The lowest BCUT2D eigenvalue weighted by Crippen LogP contribution is -2.34. The summed E-state index contributed by atoms with van der Waals surface area (Å²) in [5.74, 6) is 0. The van der Waals surface area contributed by atoms with Gasteiger partial charge in [0.15, 0.2) is 0 Å². The van der Waals surface area contributed by atoms with Crippen LogP contribution in [0.2, 0.25) is 0 Å². The van der Waals surface area contributed by atoms with Gasteiger partial charge in [0.25, 0.3) is 0 Å². The summed E-state index contributed by atoms with van der Waals surface area (Å²) < 4.78 is 0. The van der Waals surface area contributed by atoms with Gasteiger partial charge in [-0.25, -0.2) is 0 Å². The Labute approximate surface area is 55.1 Å². The van der Waals surface area contributed by atoms with Gasteiger partial charge in [-0.1, -0.05) is 0 Å². The minimum atomic E-state index is 0.260. The molecule has 0 aromatic heterocycles. The van der Waals surface area contributed by atoms with Crippen molar-refractivity contribution in [3.63, 3.8) is 0 Å². The zero-order chi connectivity index (χ0) is 6.53. The average molecular weight is 128 g/mol. The first-order chi connectivity index (χ1) is 4.43. The van der Waals surface area contributed by atoms with Gasteiger partial charge in [-0.2, -0.15) is 0 Å². The lowest BCUT2D eigenvalue weighted by Gasteiger charge is -2.19. The molecule has 0 spiro atoms. The fourth-order valence-corrected chi connectivity index (χ4v) is 1.02. The van der Waals surface area contributed by atoms with Crippen molar-refractivity contribution in [2.45, 2.75) is 18.9 Å². The van der Waals surface area contributed by atoms with Crippen LogP contribution in [0.3, 0.4) is 0 Å². The zero-order valence-corrected chi connectivity index (χ0v) is 5.47. The Bertz CT molecular complexity index is 89.1. The van der Waals surface area contributed by atoms with E-state index in [-0.39, 0.29) is 6.10 Å². The van der Waals surface area contributed by atoms with Gasteiger partial charge in [-0.15, -0.1) is 5.16 Å². The van der Waals surface area contributed by atoms with Crippen LogP contribution in [0.15, 0.2) is 5.16 Å². The summed E-state index contributed by atoms with van der Waals surface area (Å²) in [6, 6.07) is 0. The molecule has 0 bridgehead atoms. The van der Waals surface area contributed by atoms with E-state index in [1.165, 1.54) is 6.42 Å². The molecule has 0 radical (unpaired) electrons. The molecule has 1 heterocycles. The van der Waals surface area contributed by atoms with Gasteiger partial charge in [0, 0.05) is 13.3 Å². The summed E-state index contributed by atoms with van der Waals surface area (Å²) in [5.41, 5.74) is 0. The third-order valence-corrected chi connectivity index (χ3v) is 1.48. The minimum absolute atomic E-state index is 0.260. The Morgan fingerprint density at radius 3 is 3.11 bits per heavy atom. The highest BCUT2D eigenvalue weighted by Crippen LogP contribution is 2.04. The van der Waals surface area contributed by atoms with Crippen molar-refractivity contribution >= 4 is 6.72 Å². The SMILES string of the molecule is C=NO[C@@H]1CCCNC1. The molecule has 52 valence electrons. The number of hydrogen-bond donors (Lipinski definition) is 1. The van der Waals surface area contributed by atoms with E-state index >= 15 is 0 Å². The Balaban J connectivity index is 2.15. The highest BCUT2D eigenvalue weighted by Gasteiger charge is 2.12. The topological polar surface area (TPSA) is 33.6 Å². The number of rotatable bonds is 2. The van der Waals surface area contributed by atoms with E-state index in [9.17, 15) is 0 Å². The fourth-order valence-electron chi connectivity index (χ4n) is 1.02. The molecule has 1 fully saturated rings. The molecular formula is C6H12N2O. The van der Waals surface area contributed by atoms with Crippen molar-refractivity contribution in [3.8, 4) is 0 Å². The Hall–Kier alpha value is -0.570. The normalized spacial score (nSPS) is 27.3. The van der Waals surface area contributed by atoms with Crippen LogP contribution in [0.4, 0.5) is 0 Å². The van der Waals surface area contributed by atoms with E-state index in [4.69, 9.17) is 4.84 Å². The smallest absolute Gasteiger partial charge is 0.139 e. The van der Waals surface area contributed by atoms with Gasteiger partial charge in [-0.05, 0) is 19.4 Å². The molecule has 0 aliphatic carbocycles. The second-order valence-electron chi connectivity index (χ2n) is 2.20. The summed E-state index contributed by atoms with van der Waals surface area (Å²) >= 11 is 0. The van der Waals surface area contributed by atoms with Crippen molar-refractivity contribution in [1.82, 2.24) is 5.32 Å². The van der Waals surface area contributed by atoms with Gasteiger partial charge in [0.2, 0.25) is 0 Å². The highest BCUT2D eigenvalue weighted by atomic mass is 16.6. The molecule has 1 N–H and O–H groups in total. The monoisotopic (exact) mass is 128 g/mol. The molecule has 0 aromatic carbocycles. The van der Waals surface area contributed by atoms with Crippen LogP contribution in [0.5, 0.6) is 0 Å². The third kappa shape index (κ3) is 2.01. The Morgan fingerprint density at radius 2 is 2.56 bits per heavy atom. The average Bonchev–Trinajstić information content (AvgIpc) is 1.91. The summed E-state index contributed by atoms with van der Waals surface area (Å²) in [4.78, 5) is 4.93. The number of oxime groups is 1. The lowest BCUT2D eigenvalue weighted by atomic mass is 10.1. The first kappa shape index (κ1) is 6.55. The van der Waals surface area contributed by atoms with Crippen molar-refractivity contribution in [1.29, 1.82) is 0 Å². The molecule has 1 aliphatic rings. The maximum absolute atomic E-state index is 4.93. The molecule has 3 nitrogen and oxygen atoms in total. The molecule has 9 heavy (non-hydrogen) atoms. The predicted molar refractivity (Wildman–Crippen MR) is 36.5 cm³/mol. The molecule has 1 aliphatic heterocycles. The van der Waals surface area contributed by atoms with Crippen molar-refractivity contribution in [2.75, 3.05) is 13.1 Å². The maximum atomic E-state index is 4.93. The first-order valence-corrected chi connectivity index (χ1v) is 3.26. The summed E-state index contributed by atoms with van der Waals surface area (Å²) in [7, 11) is 0. The highest BCUT2D eigenvalue weighted by molar-refractivity contribution is 5.21. The van der Waals surface area contributed by atoms with E-state index in [0.717, 1.165) is 19.5 Å². The second kappa shape index (κ2) is 3.45. The molecule has 0 aromatic rings. The van der Waals surface area contributed by atoms with Crippen LogP contribution >= 0.6 is 0 Å². The largest absolute Gasteiger partial charge is 0.392 e. The second-order valence-corrected chi connectivity index (χ2v) is 2.20. The zero-order valence-electron chi connectivity index (χ0n) is 5.47. The van der Waals surface area contributed by atoms with Crippen LogP contribution in [0.25, 0.3) is 0 Å². The predicted octanol–water partition coefficient (Wildman–Crippen LogP) is 0.371. The van der Waals surface area contributed by atoms with Gasteiger partial charge < -0.3 is 10.2 Å². The molecule has 0 saturated carbocycles. The number of piperidine rings is 1. The molecule has 1 saturated heterocycles. The summed E-state index contributed by atoms with van der Waals surface area (Å²) in [5, 5.41) is 6.58. The van der Waals surface area contributed by atoms with E-state index in [0.29, 0.717) is 0 Å². The van der Waals surface area contributed by atoms with Gasteiger partial charge in [0.05, 0.1) is 0 Å². The standard InChI is InChI=1S/C6H12N2O/c1-7-9-6-3-2-4-8-5-6/h6,8H,1-5H2/t6-/m1/s1. The molecule has 1 rings (SSSR count). The van der Waals surface area contributed by atoms with Gasteiger partial charge in [-0.3, -0.25) is 0 Å². The Kier molecular flexibility index (Phi) is 2.51. The van der Waals surface area contributed by atoms with E-state index in [1.54, 1.807) is 0 Å². The van der Waals surface area contributed by atoms with Gasteiger partial charge >= 0.3 is 0 Å². The number of hydrogen-bond acceptors (Lipinski definition) is 3. The summed E-state index contributed by atoms with van der Waals surface area (Å²) in [6.07, 6.45) is 2.54. The Morgan fingerprint density at radius 1 is 1.67 bits per heavy atom.